The lowest BCUT2D eigenvalue weighted by Gasteiger charge is -2.30. The number of thiazole rings is 1. The Kier molecular flexibility index (Phi) is 14.8. The first-order valence-corrected chi connectivity index (χ1v) is 26.3. The van der Waals surface area contributed by atoms with Crippen LogP contribution in [-0.2, 0) is 0 Å². The van der Waals surface area contributed by atoms with E-state index >= 15 is 0 Å². The van der Waals surface area contributed by atoms with Crippen molar-refractivity contribution in [2.45, 2.75) is 121 Å². The lowest BCUT2D eigenvalue weighted by molar-refractivity contribution is 0.0689. The average molecular weight is 918 g/mol. The monoisotopic (exact) mass is 917 g/mol. The van der Waals surface area contributed by atoms with Crippen LogP contribution < -0.4 is 0 Å². The summed E-state index contributed by atoms with van der Waals surface area (Å²) in [6.45, 7) is 14.1. The molecule has 6 fully saturated rings. The van der Waals surface area contributed by atoms with Crippen molar-refractivity contribution in [3.05, 3.63) is 87.7 Å². The van der Waals surface area contributed by atoms with Gasteiger partial charge in [-0.05, 0) is 152 Å². The lowest BCUT2D eigenvalue weighted by Crippen LogP contribution is -2.44. The molecular weight excluding hydrogens is 851 g/mol. The summed E-state index contributed by atoms with van der Waals surface area (Å²) in [5.74, 6) is 0.536. The van der Waals surface area contributed by atoms with Crippen molar-refractivity contribution in [1.29, 1.82) is 0 Å². The molecule has 11 nitrogen and oxygen atoms in total. The van der Waals surface area contributed by atoms with Gasteiger partial charge in [0.25, 0.3) is 23.6 Å². The molecule has 0 N–H and O–H groups in total. The SMILES string of the molecule is C[C@H]1CCCN1CC1CCCN1C(=O)c1ccc(-c2ccc(C(=O)N3CCCCC3)s2)cc1.C[C@H]1CCCN1CC1CCCN1C(=O)c1ccc(-c2ncc(C(=O)N3CCCC3)s2)cc1. The Morgan fingerprint density at radius 2 is 0.969 bits per heavy atom. The molecule has 4 amide bonds. The van der Waals surface area contributed by atoms with Crippen molar-refractivity contribution in [2.24, 2.45) is 0 Å². The molecule has 10 rings (SSSR count). The maximum Gasteiger partial charge on any atom is 0.265 e. The van der Waals surface area contributed by atoms with Crippen LogP contribution in [0.1, 0.15) is 137 Å². The van der Waals surface area contributed by atoms with Crippen LogP contribution in [0.2, 0.25) is 0 Å². The minimum atomic E-state index is 0.0884. The van der Waals surface area contributed by atoms with E-state index in [-0.39, 0.29) is 23.6 Å². The normalized spacial score (nSPS) is 23.9. The second kappa shape index (κ2) is 21.0. The quantitative estimate of drug-likeness (QED) is 0.156. The molecule has 346 valence electrons. The Hall–Kier alpha value is -4.43. The lowest BCUT2D eigenvalue weighted by atomic mass is 10.1. The molecule has 6 saturated heterocycles. The average Bonchev–Trinajstić information content (AvgIpc) is 4.20. The van der Waals surface area contributed by atoms with Gasteiger partial charge >= 0.3 is 0 Å². The van der Waals surface area contributed by atoms with Gasteiger partial charge in [-0.3, -0.25) is 29.0 Å². The van der Waals surface area contributed by atoms with E-state index in [4.69, 9.17) is 0 Å². The number of piperidine rings is 1. The number of carbonyl (C=O) groups excluding carboxylic acids is 4. The van der Waals surface area contributed by atoms with E-state index in [0.717, 1.165) is 154 Å². The number of likely N-dealkylation sites (tertiary alicyclic amines) is 6. The topological polar surface area (TPSA) is 101 Å². The minimum Gasteiger partial charge on any atom is -0.338 e. The van der Waals surface area contributed by atoms with E-state index in [1.807, 2.05) is 70.5 Å². The van der Waals surface area contributed by atoms with E-state index in [1.54, 1.807) is 17.5 Å². The molecule has 4 atom stereocenters. The zero-order valence-electron chi connectivity index (χ0n) is 38.5. The standard InChI is InChI=1S/C27H35N3O2S.C25H32N4O2S/c1-20-7-5-17-29(20)19-23-8-6-18-30(23)26(31)22-11-9-21(10-12-22)24-13-14-25(33-24)27(32)28-15-3-2-4-16-28;1-18-6-4-14-28(18)17-21-7-5-15-29(21)24(30)20-10-8-19(9-11-20)23-26-16-22(32-23)25(31)27-12-2-3-13-27/h9-14,20,23H,2-8,15-19H2,1H3;8-11,16,18,21H,2-7,12-15,17H2,1H3/t20-,23?;18-,21?/m00/s1. The molecule has 4 aromatic rings. The molecular formula is C52H67N7O4S2. The summed E-state index contributed by atoms with van der Waals surface area (Å²) in [5.41, 5.74) is 3.52. The molecule has 0 saturated carbocycles. The van der Waals surface area contributed by atoms with Gasteiger partial charge in [-0.15, -0.1) is 22.7 Å². The third kappa shape index (κ3) is 10.6. The molecule has 6 aliphatic rings. The molecule has 0 spiro atoms. The molecule has 65 heavy (non-hydrogen) atoms. The Balaban J connectivity index is 0.000000164. The van der Waals surface area contributed by atoms with Crippen molar-refractivity contribution in [3.8, 4) is 21.0 Å². The van der Waals surface area contributed by atoms with Crippen LogP contribution in [-0.4, -0.2) is 148 Å². The minimum absolute atomic E-state index is 0.0884. The van der Waals surface area contributed by atoms with Gasteiger partial charge in [0, 0.05) is 98.1 Å². The molecule has 13 heteroatoms. The van der Waals surface area contributed by atoms with Crippen molar-refractivity contribution in [2.75, 3.05) is 65.4 Å². The van der Waals surface area contributed by atoms with E-state index in [2.05, 4.69) is 38.4 Å². The van der Waals surface area contributed by atoms with Gasteiger partial charge < -0.3 is 19.6 Å². The van der Waals surface area contributed by atoms with Gasteiger partial charge in [0.05, 0.1) is 11.1 Å². The van der Waals surface area contributed by atoms with E-state index < -0.39 is 0 Å². The van der Waals surface area contributed by atoms with Crippen LogP contribution in [0, 0.1) is 0 Å². The first kappa shape index (κ1) is 45.7. The zero-order chi connectivity index (χ0) is 44.9. The second-order valence-electron chi connectivity index (χ2n) is 19.3. The third-order valence-corrected chi connectivity index (χ3v) is 17.1. The van der Waals surface area contributed by atoms with Crippen molar-refractivity contribution < 1.29 is 19.2 Å². The first-order valence-electron chi connectivity index (χ1n) is 24.7. The van der Waals surface area contributed by atoms with E-state index in [9.17, 15) is 19.2 Å². The van der Waals surface area contributed by atoms with Crippen molar-refractivity contribution >= 4 is 46.3 Å². The summed E-state index contributed by atoms with van der Waals surface area (Å²) < 4.78 is 0. The predicted molar refractivity (Wildman–Crippen MR) is 261 cm³/mol. The number of aromatic nitrogens is 1. The highest BCUT2D eigenvalue weighted by atomic mass is 32.1. The molecule has 0 bridgehead atoms. The molecule has 0 radical (unpaired) electrons. The molecule has 8 heterocycles. The van der Waals surface area contributed by atoms with Gasteiger partial charge in [0.2, 0.25) is 0 Å². The van der Waals surface area contributed by atoms with Gasteiger partial charge in [0.1, 0.15) is 9.88 Å². The summed E-state index contributed by atoms with van der Waals surface area (Å²) in [7, 11) is 0. The summed E-state index contributed by atoms with van der Waals surface area (Å²) in [6, 6.07) is 21.6. The molecule has 0 aliphatic carbocycles. The summed E-state index contributed by atoms with van der Waals surface area (Å²) >= 11 is 2.99. The Morgan fingerprint density at radius 1 is 0.492 bits per heavy atom. The maximum atomic E-state index is 13.3. The van der Waals surface area contributed by atoms with Gasteiger partial charge in [0.15, 0.2) is 0 Å². The molecule has 2 unspecified atom stereocenters. The van der Waals surface area contributed by atoms with Crippen LogP contribution >= 0.6 is 22.7 Å². The van der Waals surface area contributed by atoms with Crippen LogP contribution in [0.5, 0.6) is 0 Å². The summed E-state index contributed by atoms with van der Waals surface area (Å²) in [5, 5.41) is 0.827. The van der Waals surface area contributed by atoms with Crippen molar-refractivity contribution in [1.82, 2.24) is 34.4 Å². The first-order chi connectivity index (χ1) is 31.7. The number of carbonyl (C=O) groups is 4. The maximum absolute atomic E-state index is 13.3. The number of hydrogen-bond donors (Lipinski definition) is 0. The van der Waals surface area contributed by atoms with E-state index in [0.29, 0.717) is 29.0 Å². The fourth-order valence-electron chi connectivity index (χ4n) is 11.0. The Labute approximate surface area is 393 Å². The fraction of sp³-hybridized carbons (Fsp3) is 0.558. The highest BCUT2D eigenvalue weighted by Crippen LogP contribution is 2.32. The summed E-state index contributed by atoms with van der Waals surface area (Å²) in [6.07, 6.45) is 16.8. The number of benzene rings is 2. The highest BCUT2D eigenvalue weighted by molar-refractivity contribution is 7.17. The Bertz CT molecular complexity index is 2260. The number of rotatable bonds is 10. The smallest absolute Gasteiger partial charge is 0.265 e. The fourth-order valence-corrected chi connectivity index (χ4v) is 12.8. The van der Waals surface area contributed by atoms with Crippen LogP contribution in [0.15, 0.2) is 66.9 Å². The van der Waals surface area contributed by atoms with Gasteiger partial charge in [-0.25, -0.2) is 4.98 Å². The molecule has 2 aromatic carbocycles. The Morgan fingerprint density at radius 3 is 1.48 bits per heavy atom. The third-order valence-electron chi connectivity index (χ3n) is 14.9. The van der Waals surface area contributed by atoms with E-state index in [1.165, 1.54) is 43.4 Å². The molecule has 6 aliphatic heterocycles. The highest BCUT2D eigenvalue weighted by Gasteiger charge is 2.35. The van der Waals surface area contributed by atoms with Gasteiger partial charge in [-0.1, -0.05) is 24.3 Å². The van der Waals surface area contributed by atoms with Crippen LogP contribution in [0.4, 0.5) is 0 Å². The van der Waals surface area contributed by atoms with Crippen molar-refractivity contribution in [3.63, 3.8) is 0 Å². The number of hydrogen-bond acceptors (Lipinski definition) is 9. The van der Waals surface area contributed by atoms with Crippen LogP contribution in [0.25, 0.3) is 21.0 Å². The second-order valence-corrected chi connectivity index (χ2v) is 21.4. The molecule has 2 aromatic heterocycles. The van der Waals surface area contributed by atoms with Gasteiger partial charge in [-0.2, -0.15) is 0 Å². The van der Waals surface area contributed by atoms with Crippen LogP contribution in [0.3, 0.4) is 0 Å². The number of amides is 4. The zero-order valence-corrected chi connectivity index (χ0v) is 40.1. The number of nitrogens with zero attached hydrogens (tertiary/aromatic N) is 7. The number of thiophene rings is 1. The predicted octanol–water partition coefficient (Wildman–Crippen LogP) is 9.27. The summed E-state index contributed by atoms with van der Waals surface area (Å²) in [4.78, 5) is 72.2. The largest absolute Gasteiger partial charge is 0.338 e.